The quantitative estimate of drug-likeness (QED) is 0.0630. The molecule has 0 heterocycles. The minimum atomic E-state index is -1.35. The van der Waals surface area contributed by atoms with Crippen LogP contribution in [0.4, 0.5) is 0 Å². The van der Waals surface area contributed by atoms with Gasteiger partial charge in [0.05, 0.1) is 6.04 Å². The summed E-state index contributed by atoms with van der Waals surface area (Å²) in [7, 11) is 0. The van der Waals surface area contributed by atoms with Crippen molar-refractivity contribution in [3.05, 3.63) is 0 Å². The first-order chi connectivity index (χ1) is 16.7. The molecule has 0 bridgehead atoms. The molecular weight excluding hydrogens is 474 g/mol. The number of aliphatic carboxylic acids is 2. The van der Waals surface area contributed by atoms with Gasteiger partial charge in [-0.15, -0.1) is 0 Å². The van der Waals surface area contributed by atoms with Crippen LogP contribution in [0.3, 0.4) is 0 Å². The second-order valence-corrected chi connectivity index (χ2v) is 8.98. The summed E-state index contributed by atoms with van der Waals surface area (Å²) in [5.74, 6) is -5.41. The SMILES string of the molecule is CCC(C)C(NC(=O)C(CCC(=O)O)NC(=O)C(CCCN=C(N)N)NC(=O)C(N)C(C)C)C(=O)O. The molecule has 5 unspecified atom stereocenters. The summed E-state index contributed by atoms with van der Waals surface area (Å²) in [6.07, 6.45) is 0.105. The standard InChI is InChI=1S/C22H41N7O7/c1-5-12(4)17(21(35)36)29-19(33)14(8-9-15(30)31)27-18(32)13(7-6-10-26-22(24)25)28-20(34)16(23)11(2)3/h11-14,16-17H,5-10,23H2,1-4H3,(H,27,32)(H,28,34)(H,29,33)(H,30,31)(H,35,36)(H4,24,25,26). The molecule has 0 saturated heterocycles. The Morgan fingerprint density at radius 2 is 1.39 bits per heavy atom. The fourth-order valence-corrected chi connectivity index (χ4v) is 3.09. The Morgan fingerprint density at radius 3 is 1.86 bits per heavy atom. The molecule has 0 saturated carbocycles. The summed E-state index contributed by atoms with van der Waals surface area (Å²) in [5.41, 5.74) is 16.5. The average molecular weight is 516 g/mol. The maximum absolute atomic E-state index is 13.1. The van der Waals surface area contributed by atoms with E-state index in [0.29, 0.717) is 12.8 Å². The van der Waals surface area contributed by atoms with Crippen LogP contribution in [-0.2, 0) is 24.0 Å². The first-order valence-corrected chi connectivity index (χ1v) is 11.9. The van der Waals surface area contributed by atoms with E-state index in [2.05, 4.69) is 20.9 Å². The van der Waals surface area contributed by atoms with Crippen molar-refractivity contribution in [2.45, 2.75) is 84.0 Å². The van der Waals surface area contributed by atoms with E-state index < -0.39 is 66.2 Å². The van der Waals surface area contributed by atoms with Gasteiger partial charge in [0.1, 0.15) is 18.1 Å². The number of nitrogens with zero attached hydrogens (tertiary/aromatic N) is 1. The van der Waals surface area contributed by atoms with Gasteiger partial charge in [-0.2, -0.15) is 0 Å². The monoisotopic (exact) mass is 515 g/mol. The largest absolute Gasteiger partial charge is 0.481 e. The number of carbonyl (C=O) groups excluding carboxylic acids is 3. The van der Waals surface area contributed by atoms with Crippen molar-refractivity contribution >= 4 is 35.6 Å². The summed E-state index contributed by atoms with van der Waals surface area (Å²) < 4.78 is 0. The molecule has 0 aromatic carbocycles. The molecule has 36 heavy (non-hydrogen) atoms. The van der Waals surface area contributed by atoms with E-state index in [1.165, 1.54) is 0 Å². The van der Waals surface area contributed by atoms with Crippen LogP contribution in [0.25, 0.3) is 0 Å². The predicted molar refractivity (Wildman–Crippen MR) is 132 cm³/mol. The molecule has 14 heteroatoms. The first-order valence-electron chi connectivity index (χ1n) is 11.9. The van der Waals surface area contributed by atoms with E-state index in [9.17, 15) is 29.1 Å². The molecule has 0 aliphatic rings. The average Bonchev–Trinajstić information content (AvgIpc) is 2.79. The maximum atomic E-state index is 13.1. The van der Waals surface area contributed by atoms with Crippen LogP contribution in [-0.4, -0.2) is 76.5 Å². The van der Waals surface area contributed by atoms with Crippen LogP contribution >= 0.6 is 0 Å². The molecule has 0 radical (unpaired) electrons. The van der Waals surface area contributed by atoms with E-state index in [0.717, 1.165) is 0 Å². The number of guanidine groups is 1. The Labute approximate surface area is 210 Å². The number of nitrogens with one attached hydrogen (secondary N) is 3. The molecule has 0 aromatic heterocycles. The Morgan fingerprint density at radius 1 is 0.861 bits per heavy atom. The number of carbonyl (C=O) groups is 5. The van der Waals surface area contributed by atoms with Crippen LogP contribution < -0.4 is 33.2 Å². The zero-order valence-electron chi connectivity index (χ0n) is 21.3. The molecule has 11 N–H and O–H groups in total. The lowest BCUT2D eigenvalue weighted by atomic mass is 9.98. The van der Waals surface area contributed by atoms with Gasteiger partial charge in [0.25, 0.3) is 0 Å². The normalized spacial score (nSPS) is 15.1. The number of rotatable bonds is 17. The van der Waals surface area contributed by atoms with Crippen molar-refractivity contribution in [1.82, 2.24) is 16.0 Å². The third kappa shape index (κ3) is 12.3. The second-order valence-electron chi connectivity index (χ2n) is 8.98. The molecule has 5 atom stereocenters. The van der Waals surface area contributed by atoms with Gasteiger partial charge in [0, 0.05) is 13.0 Å². The molecule has 0 rings (SSSR count). The summed E-state index contributed by atoms with van der Waals surface area (Å²) in [6.45, 7) is 7.05. The number of aliphatic imine (C=N–C) groups is 1. The van der Waals surface area contributed by atoms with Crippen molar-refractivity contribution in [2.75, 3.05) is 6.54 Å². The number of carboxylic acid groups (broad SMARTS) is 2. The summed E-state index contributed by atoms with van der Waals surface area (Å²) in [5, 5.41) is 25.9. The highest BCUT2D eigenvalue weighted by atomic mass is 16.4. The van der Waals surface area contributed by atoms with E-state index in [4.69, 9.17) is 22.3 Å². The van der Waals surface area contributed by atoms with E-state index >= 15 is 0 Å². The molecular formula is C22H41N7O7. The molecule has 0 aromatic rings. The van der Waals surface area contributed by atoms with Gasteiger partial charge < -0.3 is 43.4 Å². The molecule has 0 spiro atoms. The zero-order chi connectivity index (χ0) is 28.0. The van der Waals surface area contributed by atoms with Gasteiger partial charge >= 0.3 is 11.9 Å². The Hall–Kier alpha value is -3.42. The number of nitrogens with two attached hydrogens (primary N) is 3. The van der Waals surface area contributed by atoms with Gasteiger partial charge in [-0.25, -0.2) is 4.79 Å². The molecule has 0 fully saturated rings. The molecule has 3 amide bonds. The fourth-order valence-electron chi connectivity index (χ4n) is 3.09. The number of hydrogen-bond donors (Lipinski definition) is 8. The van der Waals surface area contributed by atoms with E-state index in [1.54, 1.807) is 27.7 Å². The number of amides is 3. The Bertz CT molecular complexity index is 800. The van der Waals surface area contributed by atoms with Crippen LogP contribution in [0.15, 0.2) is 4.99 Å². The highest BCUT2D eigenvalue weighted by molar-refractivity contribution is 5.94. The Balaban J connectivity index is 5.72. The van der Waals surface area contributed by atoms with E-state index in [-0.39, 0.29) is 31.3 Å². The third-order valence-corrected chi connectivity index (χ3v) is 5.66. The molecule has 206 valence electrons. The topological polar surface area (TPSA) is 252 Å². The lowest BCUT2D eigenvalue weighted by molar-refractivity contribution is -0.144. The van der Waals surface area contributed by atoms with Crippen molar-refractivity contribution in [2.24, 2.45) is 34.0 Å². The second kappa shape index (κ2) is 16.3. The maximum Gasteiger partial charge on any atom is 0.326 e. The van der Waals surface area contributed by atoms with Gasteiger partial charge in [0.15, 0.2) is 5.96 Å². The molecule has 14 nitrogen and oxygen atoms in total. The highest BCUT2D eigenvalue weighted by Crippen LogP contribution is 2.10. The minimum Gasteiger partial charge on any atom is -0.481 e. The van der Waals surface area contributed by atoms with E-state index in [1.807, 2.05) is 0 Å². The van der Waals surface area contributed by atoms with Crippen LogP contribution in [0.1, 0.15) is 59.8 Å². The number of hydrogen-bond acceptors (Lipinski definition) is 7. The lowest BCUT2D eigenvalue weighted by Gasteiger charge is -2.26. The van der Waals surface area contributed by atoms with Gasteiger partial charge in [-0.3, -0.25) is 24.2 Å². The van der Waals surface area contributed by atoms with Crippen molar-refractivity contribution in [3.63, 3.8) is 0 Å². The minimum absolute atomic E-state index is 0.0943. The van der Waals surface area contributed by atoms with Crippen molar-refractivity contribution in [3.8, 4) is 0 Å². The van der Waals surface area contributed by atoms with Gasteiger partial charge in [0.2, 0.25) is 17.7 Å². The lowest BCUT2D eigenvalue weighted by Crippen LogP contribution is -2.58. The van der Waals surface area contributed by atoms with Crippen LogP contribution in [0.5, 0.6) is 0 Å². The molecule has 0 aliphatic carbocycles. The number of carboxylic acids is 2. The summed E-state index contributed by atoms with van der Waals surface area (Å²) in [6, 6.07) is -4.60. The third-order valence-electron chi connectivity index (χ3n) is 5.66. The van der Waals surface area contributed by atoms with Crippen molar-refractivity contribution in [1.29, 1.82) is 0 Å². The summed E-state index contributed by atoms with van der Waals surface area (Å²) >= 11 is 0. The summed E-state index contributed by atoms with van der Waals surface area (Å²) in [4.78, 5) is 65.0. The van der Waals surface area contributed by atoms with Crippen LogP contribution in [0.2, 0.25) is 0 Å². The first kappa shape index (κ1) is 32.6. The fraction of sp³-hybridized carbons (Fsp3) is 0.727. The van der Waals surface area contributed by atoms with Crippen LogP contribution in [0, 0.1) is 11.8 Å². The Kier molecular flexibility index (Phi) is 14.7. The smallest absolute Gasteiger partial charge is 0.326 e. The predicted octanol–water partition coefficient (Wildman–Crippen LogP) is -1.53. The zero-order valence-corrected chi connectivity index (χ0v) is 21.3. The highest BCUT2D eigenvalue weighted by Gasteiger charge is 2.32. The van der Waals surface area contributed by atoms with Gasteiger partial charge in [-0.1, -0.05) is 34.1 Å². The van der Waals surface area contributed by atoms with Crippen molar-refractivity contribution < 1.29 is 34.2 Å². The van der Waals surface area contributed by atoms with Gasteiger partial charge in [-0.05, 0) is 31.1 Å². The molecule has 0 aliphatic heterocycles.